The molecule has 0 bridgehead atoms. The first-order chi connectivity index (χ1) is 15.4. The molecule has 1 fully saturated rings. The zero-order valence-electron chi connectivity index (χ0n) is 18.4. The fourth-order valence-electron chi connectivity index (χ4n) is 4.42. The van der Waals surface area contributed by atoms with Gasteiger partial charge in [0.15, 0.2) is 5.43 Å². The number of aromatic hydroxyl groups is 1. The average molecular weight is 431 g/mol. The van der Waals surface area contributed by atoms with Gasteiger partial charge in [-0.05, 0) is 49.7 Å². The minimum Gasteiger partial charge on any atom is -0.507 e. The maximum absolute atomic E-state index is 12.2. The highest BCUT2D eigenvalue weighted by atomic mass is 16.3. The number of nitrogens with one attached hydrogen (secondary N) is 1. The number of hydrogen-bond acceptors (Lipinski definition) is 7. The van der Waals surface area contributed by atoms with E-state index in [1.165, 1.54) is 12.1 Å². The van der Waals surface area contributed by atoms with E-state index >= 15 is 0 Å². The summed E-state index contributed by atoms with van der Waals surface area (Å²) in [7, 11) is 0. The summed E-state index contributed by atoms with van der Waals surface area (Å²) in [6, 6.07) is 13.2. The van der Waals surface area contributed by atoms with E-state index in [2.05, 4.69) is 24.1 Å². The van der Waals surface area contributed by atoms with E-state index in [9.17, 15) is 9.90 Å². The van der Waals surface area contributed by atoms with Crippen molar-refractivity contribution in [2.75, 3.05) is 18.0 Å². The zero-order valence-corrected chi connectivity index (χ0v) is 18.4. The van der Waals surface area contributed by atoms with Gasteiger partial charge in [-0.1, -0.05) is 13.8 Å². The number of nitrogens with zero attached hydrogens (tertiary/aromatic N) is 3. The fourth-order valence-corrected chi connectivity index (χ4v) is 4.42. The van der Waals surface area contributed by atoms with Gasteiger partial charge in [-0.25, -0.2) is 9.97 Å². The summed E-state index contributed by atoms with van der Waals surface area (Å²) < 4.78 is 5.69. The molecule has 1 unspecified atom stereocenters. The van der Waals surface area contributed by atoms with Crippen LogP contribution in [0.25, 0.3) is 33.3 Å². The van der Waals surface area contributed by atoms with Gasteiger partial charge in [0, 0.05) is 36.8 Å². The number of rotatable bonds is 4. The largest absolute Gasteiger partial charge is 0.507 e. The van der Waals surface area contributed by atoms with E-state index < -0.39 is 0 Å². The lowest BCUT2D eigenvalue weighted by atomic mass is 10.1. The summed E-state index contributed by atoms with van der Waals surface area (Å²) >= 11 is 0. The highest BCUT2D eigenvalue weighted by molar-refractivity contribution is 5.87. The van der Waals surface area contributed by atoms with Crippen LogP contribution in [-0.2, 0) is 0 Å². The molecule has 164 valence electrons. The molecule has 0 aliphatic carbocycles. The maximum atomic E-state index is 12.2. The first-order valence-corrected chi connectivity index (χ1v) is 10.9. The minimum absolute atomic E-state index is 0.00848. The molecule has 1 aliphatic rings. The van der Waals surface area contributed by atoms with E-state index in [0.29, 0.717) is 40.1 Å². The van der Waals surface area contributed by atoms with Crippen molar-refractivity contribution in [2.45, 2.75) is 39.3 Å². The number of phenolic OH excluding ortho intramolecular Hbond substituents is 1. The Hall–Kier alpha value is -3.45. The van der Waals surface area contributed by atoms with Crippen LogP contribution in [0.3, 0.4) is 0 Å². The minimum atomic E-state index is -0.179. The predicted octanol–water partition coefficient (Wildman–Crippen LogP) is 3.99. The second-order valence-electron chi connectivity index (χ2n) is 8.74. The summed E-state index contributed by atoms with van der Waals surface area (Å²) in [5, 5.41) is 14.5. The van der Waals surface area contributed by atoms with Crippen molar-refractivity contribution in [1.82, 2.24) is 15.3 Å². The van der Waals surface area contributed by atoms with Crippen molar-refractivity contribution in [1.29, 1.82) is 0 Å². The molecule has 1 aromatic carbocycles. The van der Waals surface area contributed by atoms with Crippen molar-refractivity contribution in [3.8, 4) is 17.0 Å². The summed E-state index contributed by atoms with van der Waals surface area (Å²) in [6.45, 7) is 7.99. The van der Waals surface area contributed by atoms with Gasteiger partial charge in [-0.3, -0.25) is 4.79 Å². The Kier molecular flexibility index (Phi) is 5.06. The van der Waals surface area contributed by atoms with Crippen LogP contribution in [0.5, 0.6) is 5.75 Å². The average Bonchev–Trinajstić information content (AvgIpc) is 3.21. The molecule has 1 aliphatic heterocycles. The lowest BCUT2D eigenvalue weighted by Crippen LogP contribution is -2.37. The second-order valence-corrected chi connectivity index (χ2v) is 8.74. The van der Waals surface area contributed by atoms with Gasteiger partial charge in [0.2, 0.25) is 0 Å². The number of aryl methyl sites for hydroxylation is 1. The molecule has 1 atom stereocenters. The van der Waals surface area contributed by atoms with Gasteiger partial charge in [0.05, 0.1) is 22.1 Å². The van der Waals surface area contributed by atoms with Crippen LogP contribution in [0.2, 0.25) is 0 Å². The first-order valence-electron chi connectivity index (χ1n) is 10.9. The Balaban J connectivity index is 1.48. The highest BCUT2D eigenvalue weighted by Crippen LogP contribution is 2.33. The third-order valence-electron chi connectivity index (χ3n) is 5.85. The standard InChI is InChI=1S/C25H26N4O3/c1-14(2)26-16-8-9-29(13-16)25-7-6-20-21(28-25)5-4-19(27-20)17-12-24-18(11-23(17)31)22(30)10-15(3)32-24/h4-7,10-12,14,16,26,31H,8-9,13H2,1-3H3. The molecule has 5 rings (SSSR count). The molecule has 0 amide bonds. The van der Waals surface area contributed by atoms with Gasteiger partial charge in [-0.15, -0.1) is 0 Å². The summed E-state index contributed by atoms with van der Waals surface area (Å²) in [6.07, 6.45) is 1.10. The topological polar surface area (TPSA) is 91.5 Å². The number of phenols is 1. The van der Waals surface area contributed by atoms with Crippen LogP contribution in [0.1, 0.15) is 26.0 Å². The molecular formula is C25H26N4O3. The SMILES string of the molecule is Cc1cc(=O)c2cc(O)c(-c3ccc4nc(N5CCC(NC(C)C)C5)ccc4n3)cc2o1. The van der Waals surface area contributed by atoms with E-state index in [0.717, 1.165) is 36.4 Å². The van der Waals surface area contributed by atoms with Crippen LogP contribution < -0.4 is 15.6 Å². The smallest absolute Gasteiger partial charge is 0.193 e. The zero-order chi connectivity index (χ0) is 22.4. The molecule has 3 aromatic heterocycles. The highest BCUT2D eigenvalue weighted by Gasteiger charge is 2.24. The predicted molar refractivity (Wildman–Crippen MR) is 126 cm³/mol. The molecule has 32 heavy (non-hydrogen) atoms. The maximum Gasteiger partial charge on any atom is 0.193 e. The van der Waals surface area contributed by atoms with Crippen LogP contribution in [-0.4, -0.2) is 40.2 Å². The summed E-state index contributed by atoms with van der Waals surface area (Å²) in [4.78, 5) is 24.0. The van der Waals surface area contributed by atoms with Gasteiger partial charge in [0.25, 0.3) is 0 Å². The Labute approximate surface area is 185 Å². The van der Waals surface area contributed by atoms with E-state index in [-0.39, 0.29) is 11.2 Å². The summed E-state index contributed by atoms with van der Waals surface area (Å²) in [5.74, 6) is 1.46. The molecule has 1 saturated heterocycles. The van der Waals surface area contributed by atoms with Crippen LogP contribution in [0.4, 0.5) is 5.82 Å². The monoisotopic (exact) mass is 430 g/mol. The molecule has 7 nitrogen and oxygen atoms in total. The Morgan fingerprint density at radius 3 is 2.72 bits per heavy atom. The van der Waals surface area contributed by atoms with Crippen LogP contribution in [0, 0.1) is 6.92 Å². The van der Waals surface area contributed by atoms with Gasteiger partial charge >= 0.3 is 0 Å². The van der Waals surface area contributed by atoms with E-state index in [1.54, 1.807) is 13.0 Å². The molecule has 0 radical (unpaired) electrons. The third kappa shape index (κ3) is 3.80. The van der Waals surface area contributed by atoms with Crippen molar-refractivity contribution in [3.05, 3.63) is 58.4 Å². The van der Waals surface area contributed by atoms with Crippen LogP contribution in [0.15, 0.2) is 51.7 Å². The third-order valence-corrected chi connectivity index (χ3v) is 5.85. The van der Waals surface area contributed by atoms with E-state index in [4.69, 9.17) is 14.4 Å². The number of aromatic nitrogens is 2. The quantitative estimate of drug-likeness (QED) is 0.506. The lowest BCUT2D eigenvalue weighted by molar-refractivity contribution is 0.477. The number of fused-ring (bicyclic) bond motifs is 2. The van der Waals surface area contributed by atoms with Gasteiger partial charge < -0.3 is 19.7 Å². The number of benzene rings is 1. The van der Waals surface area contributed by atoms with Crippen molar-refractivity contribution in [3.63, 3.8) is 0 Å². The Morgan fingerprint density at radius 2 is 1.91 bits per heavy atom. The van der Waals surface area contributed by atoms with Crippen molar-refractivity contribution >= 4 is 27.8 Å². The first kappa shape index (κ1) is 20.5. The number of anilines is 1. The van der Waals surface area contributed by atoms with Gasteiger partial charge in [0.1, 0.15) is 22.9 Å². The summed E-state index contributed by atoms with van der Waals surface area (Å²) in [5.41, 5.74) is 2.90. The molecule has 2 N–H and O–H groups in total. The molecule has 4 aromatic rings. The Morgan fingerprint density at radius 1 is 1.12 bits per heavy atom. The number of hydrogen-bond donors (Lipinski definition) is 2. The molecule has 7 heteroatoms. The fraction of sp³-hybridized carbons (Fsp3) is 0.320. The second kappa shape index (κ2) is 7.91. The lowest BCUT2D eigenvalue weighted by Gasteiger charge is -2.19. The molecule has 0 spiro atoms. The molecule has 0 saturated carbocycles. The van der Waals surface area contributed by atoms with Gasteiger partial charge in [-0.2, -0.15) is 0 Å². The van der Waals surface area contributed by atoms with Crippen molar-refractivity contribution in [2.24, 2.45) is 0 Å². The van der Waals surface area contributed by atoms with Crippen LogP contribution >= 0.6 is 0 Å². The van der Waals surface area contributed by atoms with Crippen molar-refractivity contribution < 1.29 is 9.52 Å². The Bertz CT molecular complexity index is 1380. The normalized spacial score (nSPS) is 16.5. The number of pyridine rings is 2. The molecular weight excluding hydrogens is 404 g/mol. The molecule has 4 heterocycles. The van der Waals surface area contributed by atoms with E-state index in [1.807, 2.05) is 24.3 Å².